The highest BCUT2D eigenvalue weighted by atomic mass is 79.9. The fourth-order valence-corrected chi connectivity index (χ4v) is 1.23. The van der Waals surface area contributed by atoms with E-state index in [-0.39, 0.29) is 17.5 Å². The Balaban J connectivity index is 2.90. The van der Waals surface area contributed by atoms with Gasteiger partial charge in [0.15, 0.2) is 0 Å². The molecule has 0 aliphatic heterocycles. The van der Waals surface area contributed by atoms with Crippen molar-refractivity contribution in [3.05, 3.63) is 16.7 Å². The summed E-state index contributed by atoms with van der Waals surface area (Å²) in [6, 6.07) is 1.58. The summed E-state index contributed by atoms with van der Waals surface area (Å²) in [5, 5.41) is 12.0. The minimum Gasteiger partial charge on any atom is -0.492 e. The molecule has 0 spiro atoms. The van der Waals surface area contributed by atoms with Crippen LogP contribution in [0.5, 0.6) is 5.88 Å². The predicted octanol–water partition coefficient (Wildman–Crippen LogP) is 2.66. The van der Waals surface area contributed by atoms with E-state index in [4.69, 9.17) is 0 Å². The molecule has 15 heavy (non-hydrogen) atoms. The van der Waals surface area contributed by atoms with Crippen molar-refractivity contribution in [3.63, 3.8) is 0 Å². The molecule has 4 nitrogen and oxygen atoms in total. The molecule has 1 aromatic heterocycles. The lowest BCUT2D eigenvalue weighted by molar-refractivity contribution is -0.117. The summed E-state index contributed by atoms with van der Waals surface area (Å²) in [6.45, 7) is 3.43. The molecule has 0 unspecified atom stereocenters. The Labute approximate surface area is 104 Å². The zero-order valence-electron chi connectivity index (χ0n) is 8.21. The summed E-state index contributed by atoms with van der Waals surface area (Å²) in [7, 11) is 0. The summed E-state index contributed by atoms with van der Waals surface area (Å²) in [5.74, 6) is -0.457. The van der Waals surface area contributed by atoms with E-state index < -0.39 is 4.32 Å². The molecule has 2 N–H and O–H groups in total. The van der Waals surface area contributed by atoms with Crippen molar-refractivity contribution in [2.24, 2.45) is 0 Å². The standard InChI is InChI=1S/C9H10Br2N2O2/c1-9(2,11)8(15)13-6-3-5(10)4-12-7(6)14/h3-4H,1-2H3,(H,12,14)(H,13,15). The maximum Gasteiger partial charge on any atom is 0.240 e. The lowest BCUT2D eigenvalue weighted by Gasteiger charge is -2.16. The first kappa shape index (κ1) is 12.4. The van der Waals surface area contributed by atoms with Gasteiger partial charge in [0.1, 0.15) is 5.69 Å². The second-order valence-corrected chi connectivity index (χ2v) is 6.35. The smallest absolute Gasteiger partial charge is 0.240 e. The van der Waals surface area contributed by atoms with Crippen molar-refractivity contribution in [2.45, 2.75) is 18.2 Å². The molecule has 0 aromatic carbocycles. The third-order valence-corrected chi connectivity index (χ3v) is 2.42. The number of pyridine rings is 1. The second kappa shape index (κ2) is 4.49. The van der Waals surface area contributed by atoms with E-state index in [0.29, 0.717) is 4.47 Å². The van der Waals surface area contributed by atoms with Gasteiger partial charge in [0, 0.05) is 10.7 Å². The van der Waals surface area contributed by atoms with Gasteiger partial charge in [-0.15, -0.1) is 0 Å². The fourth-order valence-electron chi connectivity index (χ4n) is 0.795. The van der Waals surface area contributed by atoms with E-state index in [1.807, 2.05) is 0 Å². The number of rotatable bonds is 2. The largest absolute Gasteiger partial charge is 0.492 e. The Hall–Kier alpha value is -0.620. The molecule has 1 aromatic rings. The second-order valence-electron chi connectivity index (χ2n) is 3.45. The molecule has 0 saturated carbocycles. The topological polar surface area (TPSA) is 62.2 Å². The predicted molar refractivity (Wildman–Crippen MR) is 65.2 cm³/mol. The van der Waals surface area contributed by atoms with Crippen molar-refractivity contribution >= 4 is 43.5 Å². The monoisotopic (exact) mass is 336 g/mol. The molecule has 6 heteroatoms. The van der Waals surface area contributed by atoms with Crippen LogP contribution in [-0.4, -0.2) is 20.3 Å². The highest BCUT2D eigenvalue weighted by molar-refractivity contribution is 9.10. The average Bonchev–Trinajstić information content (AvgIpc) is 2.09. The molecule has 0 atom stereocenters. The van der Waals surface area contributed by atoms with Crippen LogP contribution < -0.4 is 5.32 Å². The first-order valence-corrected chi connectivity index (χ1v) is 5.74. The van der Waals surface area contributed by atoms with E-state index in [0.717, 1.165) is 0 Å². The molecule has 0 aliphatic rings. The summed E-state index contributed by atoms with van der Waals surface area (Å²) < 4.78 is -0.00939. The molecular weight excluding hydrogens is 328 g/mol. The SMILES string of the molecule is CC(C)(Br)C(=O)Nc1cc(Br)cnc1O. The van der Waals surface area contributed by atoms with Crippen LogP contribution in [0.1, 0.15) is 13.8 Å². The van der Waals surface area contributed by atoms with Gasteiger partial charge in [-0.2, -0.15) is 0 Å². The van der Waals surface area contributed by atoms with Gasteiger partial charge in [-0.3, -0.25) is 4.79 Å². The molecule has 1 rings (SSSR count). The minimum absolute atomic E-state index is 0.205. The van der Waals surface area contributed by atoms with Gasteiger partial charge in [0.25, 0.3) is 0 Å². The lowest BCUT2D eigenvalue weighted by Crippen LogP contribution is -2.31. The molecule has 1 amide bonds. The maximum absolute atomic E-state index is 11.6. The van der Waals surface area contributed by atoms with Crippen LogP contribution in [0.3, 0.4) is 0 Å². The quantitative estimate of drug-likeness (QED) is 0.815. The van der Waals surface area contributed by atoms with Gasteiger partial charge < -0.3 is 10.4 Å². The van der Waals surface area contributed by atoms with Crippen LogP contribution in [0.2, 0.25) is 0 Å². The number of nitrogens with one attached hydrogen (secondary N) is 1. The maximum atomic E-state index is 11.6. The zero-order valence-corrected chi connectivity index (χ0v) is 11.4. The number of amides is 1. The zero-order chi connectivity index (χ0) is 11.6. The van der Waals surface area contributed by atoms with Gasteiger partial charge >= 0.3 is 0 Å². The minimum atomic E-state index is -0.693. The van der Waals surface area contributed by atoms with Crippen LogP contribution in [0, 0.1) is 0 Å². The van der Waals surface area contributed by atoms with Crippen LogP contribution in [0.25, 0.3) is 0 Å². The van der Waals surface area contributed by atoms with Gasteiger partial charge in [0.05, 0.1) is 4.32 Å². The number of alkyl halides is 1. The third kappa shape index (κ3) is 3.46. The van der Waals surface area contributed by atoms with Gasteiger partial charge in [-0.25, -0.2) is 4.98 Å². The number of nitrogens with zero attached hydrogens (tertiary/aromatic N) is 1. The average molecular weight is 338 g/mol. The number of carbonyl (C=O) groups is 1. The highest BCUT2D eigenvalue weighted by Crippen LogP contribution is 2.26. The third-order valence-electron chi connectivity index (χ3n) is 1.62. The van der Waals surface area contributed by atoms with Crippen molar-refractivity contribution in [2.75, 3.05) is 5.32 Å². The Kier molecular flexibility index (Phi) is 3.72. The molecule has 0 aliphatic carbocycles. The normalized spacial score (nSPS) is 11.2. The van der Waals surface area contributed by atoms with E-state index in [1.54, 1.807) is 19.9 Å². The van der Waals surface area contributed by atoms with Gasteiger partial charge in [0.2, 0.25) is 11.8 Å². The summed E-state index contributed by atoms with van der Waals surface area (Å²) in [6.07, 6.45) is 1.45. The fraction of sp³-hybridized carbons (Fsp3) is 0.333. The van der Waals surface area contributed by atoms with Gasteiger partial charge in [-0.1, -0.05) is 15.9 Å². The molecule has 0 radical (unpaired) electrons. The summed E-state index contributed by atoms with van der Waals surface area (Å²) in [4.78, 5) is 15.3. The lowest BCUT2D eigenvalue weighted by atomic mass is 10.2. The van der Waals surface area contributed by atoms with Crippen LogP contribution in [0.4, 0.5) is 5.69 Å². The van der Waals surface area contributed by atoms with E-state index >= 15 is 0 Å². The van der Waals surface area contributed by atoms with Crippen LogP contribution >= 0.6 is 31.9 Å². The number of anilines is 1. The molecule has 0 bridgehead atoms. The van der Waals surface area contributed by atoms with Crippen molar-refractivity contribution < 1.29 is 9.90 Å². The number of carbonyl (C=O) groups excluding carboxylic acids is 1. The number of hydrogen-bond donors (Lipinski definition) is 2. The number of aromatic nitrogens is 1. The van der Waals surface area contributed by atoms with Gasteiger partial charge in [-0.05, 0) is 35.8 Å². The number of halogens is 2. The summed E-state index contributed by atoms with van der Waals surface area (Å²) in [5.41, 5.74) is 0.280. The molecule has 1 heterocycles. The number of hydrogen-bond acceptors (Lipinski definition) is 3. The first-order valence-electron chi connectivity index (χ1n) is 4.15. The Bertz CT molecular complexity index is 388. The Morgan fingerprint density at radius 1 is 1.60 bits per heavy atom. The van der Waals surface area contributed by atoms with E-state index in [9.17, 15) is 9.90 Å². The summed E-state index contributed by atoms with van der Waals surface area (Å²) >= 11 is 6.42. The first-order chi connectivity index (χ1) is 6.80. The molecule has 0 fully saturated rings. The number of aromatic hydroxyl groups is 1. The highest BCUT2D eigenvalue weighted by Gasteiger charge is 2.24. The molecule has 82 valence electrons. The van der Waals surface area contributed by atoms with Crippen LogP contribution in [-0.2, 0) is 4.79 Å². The Morgan fingerprint density at radius 2 is 2.20 bits per heavy atom. The van der Waals surface area contributed by atoms with Crippen LogP contribution in [0.15, 0.2) is 16.7 Å². The van der Waals surface area contributed by atoms with E-state index in [1.165, 1.54) is 6.20 Å². The van der Waals surface area contributed by atoms with Crippen molar-refractivity contribution in [3.8, 4) is 5.88 Å². The van der Waals surface area contributed by atoms with E-state index in [2.05, 4.69) is 42.2 Å². The molecule has 0 saturated heterocycles. The van der Waals surface area contributed by atoms with Crippen molar-refractivity contribution in [1.29, 1.82) is 0 Å². The van der Waals surface area contributed by atoms with Crippen molar-refractivity contribution in [1.82, 2.24) is 4.98 Å². The molecular formula is C9H10Br2N2O2. The Morgan fingerprint density at radius 3 is 2.73 bits per heavy atom.